The maximum absolute atomic E-state index is 12.8. The van der Waals surface area contributed by atoms with E-state index in [0.717, 1.165) is 103 Å². The number of hydrogen-bond donors (Lipinski definition) is 0. The molecule has 0 aliphatic heterocycles. The highest BCUT2D eigenvalue weighted by Gasteiger charge is 2.25. The molecule has 8 heteroatoms. The van der Waals surface area contributed by atoms with Crippen molar-refractivity contribution in [2.45, 2.75) is 193 Å². The minimum Gasteiger partial charge on any atom is -0.544 e. The number of carboxylic acids is 1. The molecule has 0 aromatic rings. The second-order valence-electron chi connectivity index (χ2n) is 17.6. The zero-order valence-corrected chi connectivity index (χ0v) is 41.9. The number of carboxylic acid groups (broad SMARTS) is 1. The average molecular weight is 904 g/mol. The Bertz CT molecular complexity index is 1420. The average Bonchev–Trinajstić information content (AvgIpc) is 3.27. The second kappa shape index (κ2) is 46.5. The number of carbonyl (C=O) groups is 3. The Kier molecular flexibility index (Phi) is 43.6. The van der Waals surface area contributed by atoms with Gasteiger partial charge < -0.3 is 28.6 Å². The van der Waals surface area contributed by atoms with Gasteiger partial charge >= 0.3 is 11.9 Å². The fraction of sp³-hybridized carbons (Fsp3) is 0.632. The van der Waals surface area contributed by atoms with Crippen molar-refractivity contribution >= 4 is 17.9 Å². The van der Waals surface area contributed by atoms with Gasteiger partial charge in [0, 0.05) is 19.3 Å². The SMILES string of the molecule is CC/C=C/C/C=C/C/C=C/C/C=C/C/C=C/CCCCCC(=O)OC(COCCC(C(=O)[O-])[N+](C)(C)C)COC(=O)CCCCCCCCCCC/C=C/C/C=C/C/C=C/C/C=C/CC. The standard InChI is InChI=1S/C57H93NO7/c1-6-8-10-12-14-16-18-20-22-24-26-27-28-30-31-33-35-37-39-41-43-45-47-55(59)64-52-53(51-63-50-49-54(57(61)62)58(3,4)5)65-56(60)48-46-44-42-40-38-36-34-32-29-25-23-21-19-17-15-13-11-9-7-2/h8-11,14-17,20-23,26-27,29,32,36,38,53-54H,6-7,12-13,18-19,24-25,28,30-31,33-35,37,39-52H2,1-5H3/b10-8+,11-9+,16-14+,17-15+,22-20+,23-21+,27-26+,32-29+,38-36+. The lowest BCUT2D eigenvalue weighted by Gasteiger charge is -2.34. The summed E-state index contributed by atoms with van der Waals surface area (Å²) in [5.41, 5.74) is 0. The number of esters is 2. The highest BCUT2D eigenvalue weighted by molar-refractivity contribution is 5.70. The third-order valence-corrected chi connectivity index (χ3v) is 10.7. The zero-order valence-electron chi connectivity index (χ0n) is 41.9. The van der Waals surface area contributed by atoms with E-state index in [1.54, 1.807) is 21.1 Å². The number of allylic oxidation sites excluding steroid dienone is 18. The van der Waals surface area contributed by atoms with Crippen LogP contribution in [0.1, 0.15) is 181 Å². The minimum absolute atomic E-state index is 0.0183. The van der Waals surface area contributed by atoms with Gasteiger partial charge in [-0.1, -0.05) is 175 Å². The van der Waals surface area contributed by atoms with Crippen molar-refractivity contribution < 1.29 is 38.2 Å². The van der Waals surface area contributed by atoms with E-state index in [4.69, 9.17) is 14.2 Å². The fourth-order valence-electron chi connectivity index (χ4n) is 6.79. The van der Waals surface area contributed by atoms with Crippen molar-refractivity contribution in [1.82, 2.24) is 0 Å². The number of ether oxygens (including phenoxy) is 3. The lowest BCUT2D eigenvalue weighted by molar-refractivity contribution is -0.889. The summed E-state index contributed by atoms with van der Waals surface area (Å²) in [6.45, 7) is 4.38. The Hall–Kier alpha value is -4.01. The molecule has 65 heavy (non-hydrogen) atoms. The number of rotatable bonds is 44. The van der Waals surface area contributed by atoms with Crippen LogP contribution >= 0.6 is 0 Å². The molecule has 0 aliphatic rings. The van der Waals surface area contributed by atoms with Crippen LogP contribution in [0, 0.1) is 0 Å². The van der Waals surface area contributed by atoms with Crippen molar-refractivity contribution in [1.29, 1.82) is 0 Å². The van der Waals surface area contributed by atoms with Crippen LogP contribution in [-0.2, 0) is 28.6 Å². The van der Waals surface area contributed by atoms with Crippen LogP contribution in [0.5, 0.6) is 0 Å². The van der Waals surface area contributed by atoms with Gasteiger partial charge in [-0.2, -0.15) is 0 Å². The van der Waals surface area contributed by atoms with Crippen LogP contribution in [0.15, 0.2) is 109 Å². The van der Waals surface area contributed by atoms with Gasteiger partial charge in [-0.25, -0.2) is 0 Å². The summed E-state index contributed by atoms with van der Waals surface area (Å²) in [6, 6.07) is -0.740. The second-order valence-corrected chi connectivity index (χ2v) is 17.6. The lowest BCUT2D eigenvalue weighted by Crippen LogP contribution is -2.55. The van der Waals surface area contributed by atoms with Gasteiger partial charge in [0.15, 0.2) is 6.10 Å². The molecule has 0 aromatic heterocycles. The molecule has 0 saturated carbocycles. The molecule has 2 unspecified atom stereocenters. The van der Waals surface area contributed by atoms with E-state index < -0.39 is 18.1 Å². The summed E-state index contributed by atoms with van der Waals surface area (Å²) in [5, 5.41) is 11.7. The summed E-state index contributed by atoms with van der Waals surface area (Å²) in [7, 11) is 5.39. The summed E-state index contributed by atoms with van der Waals surface area (Å²) < 4.78 is 17.2. The molecule has 0 heterocycles. The largest absolute Gasteiger partial charge is 0.544 e. The van der Waals surface area contributed by atoms with Crippen LogP contribution in [0.25, 0.3) is 0 Å². The van der Waals surface area contributed by atoms with Crippen LogP contribution in [0.2, 0.25) is 0 Å². The van der Waals surface area contributed by atoms with E-state index in [2.05, 4.69) is 123 Å². The van der Waals surface area contributed by atoms with E-state index in [-0.39, 0.29) is 49.1 Å². The van der Waals surface area contributed by atoms with E-state index in [9.17, 15) is 19.5 Å². The summed E-state index contributed by atoms with van der Waals surface area (Å²) in [4.78, 5) is 37.0. The van der Waals surface area contributed by atoms with Gasteiger partial charge in [-0.15, -0.1) is 0 Å². The highest BCUT2D eigenvalue weighted by Crippen LogP contribution is 2.14. The predicted octanol–water partition coefficient (Wildman–Crippen LogP) is 13.5. The normalized spacial score (nSPS) is 13.8. The first-order chi connectivity index (χ1) is 31.6. The van der Waals surface area contributed by atoms with E-state index in [1.165, 1.54) is 38.5 Å². The van der Waals surface area contributed by atoms with Crippen LogP contribution in [-0.4, -0.2) is 75.5 Å². The van der Waals surface area contributed by atoms with Crippen LogP contribution < -0.4 is 5.11 Å². The van der Waals surface area contributed by atoms with Gasteiger partial charge in [0.25, 0.3) is 0 Å². The summed E-state index contributed by atoms with van der Waals surface area (Å²) in [5.74, 6) is -1.80. The van der Waals surface area contributed by atoms with Gasteiger partial charge in [-0.05, 0) is 96.3 Å². The molecule has 368 valence electrons. The first-order valence-electron chi connectivity index (χ1n) is 25.4. The first-order valence-corrected chi connectivity index (χ1v) is 25.4. The Morgan fingerprint density at radius 3 is 1.22 bits per heavy atom. The molecule has 0 aromatic carbocycles. The minimum atomic E-state index is -1.14. The maximum atomic E-state index is 12.8. The Morgan fingerprint density at radius 2 is 0.815 bits per heavy atom. The quantitative estimate of drug-likeness (QED) is 0.0260. The molecule has 0 fully saturated rings. The highest BCUT2D eigenvalue weighted by atomic mass is 16.6. The molecule has 0 amide bonds. The number of hydrogen-bond acceptors (Lipinski definition) is 7. The molecule has 0 rings (SSSR count). The monoisotopic (exact) mass is 904 g/mol. The molecular weight excluding hydrogens is 811 g/mol. The van der Waals surface area contributed by atoms with Crippen LogP contribution in [0.4, 0.5) is 0 Å². The summed E-state index contributed by atoms with van der Waals surface area (Å²) in [6.07, 6.45) is 64.0. The Labute approximate surface area is 398 Å². The number of nitrogens with zero attached hydrogens (tertiary/aromatic N) is 1. The number of carbonyl (C=O) groups excluding carboxylic acids is 3. The van der Waals surface area contributed by atoms with Crippen molar-refractivity contribution in [2.24, 2.45) is 0 Å². The van der Waals surface area contributed by atoms with Crippen molar-refractivity contribution in [3.05, 3.63) is 109 Å². The van der Waals surface area contributed by atoms with Crippen LogP contribution in [0.3, 0.4) is 0 Å². The number of unbranched alkanes of at least 4 members (excludes halogenated alkanes) is 12. The van der Waals surface area contributed by atoms with E-state index >= 15 is 0 Å². The van der Waals surface area contributed by atoms with Crippen molar-refractivity contribution in [3.8, 4) is 0 Å². The Balaban J connectivity index is 4.34. The fourth-order valence-corrected chi connectivity index (χ4v) is 6.79. The molecule has 0 saturated heterocycles. The molecule has 0 aliphatic carbocycles. The lowest BCUT2D eigenvalue weighted by atomic mass is 10.1. The topological polar surface area (TPSA) is 102 Å². The third-order valence-electron chi connectivity index (χ3n) is 10.7. The Morgan fingerprint density at radius 1 is 0.462 bits per heavy atom. The van der Waals surface area contributed by atoms with E-state index in [1.807, 2.05) is 0 Å². The van der Waals surface area contributed by atoms with E-state index in [0.29, 0.717) is 12.8 Å². The molecule has 2 atom stereocenters. The molecule has 8 nitrogen and oxygen atoms in total. The molecule has 0 bridgehead atoms. The molecule has 0 spiro atoms. The third kappa shape index (κ3) is 45.0. The first kappa shape index (κ1) is 61.0. The molecule has 0 radical (unpaired) electrons. The smallest absolute Gasteiger partial charge is 0.306 e. The van der Waals surface area contributed by atoms with Gasteiger partial charge in [0.05, 0.1) is 40.3 Å². The predicted molar refractivity (Wildman–Crippen MR) is 272 cm³/mol. The van der Waals surface area contributed by atoms with Gasteiger partial charge in [0.1, 0.15) is 12.6 Å². The summed E-state index contributed by atoms with van der Waals surface area (Å²) >= 11 is 0. The zero-order chi connectivity index (χ0) is 47.7. The molecule has 0 N–H and O–H groups in total. The van der Waals surface area contributed by atoms with Gasteiger partial charge in [-0.3, -0.25) is 9.59 Å². The van der Waals surface area contributed by atoms with Crippen molar-refractivity contribution in [3.63, 3.8) is 0 Å². The maximum Gasteiger partial charge on any atom is 0.306 e. The molecular formula is C57H93NO7. The number of likely N-dealkylation sites (N-methyl/N-ethyl adjacent to an activating group) is 1. The number of aliphatic carboxylic acids is 1. The number of quaternary nitrogens is 1. The van der Waals surface area contributed by atoms with Gasteiger partial charge in [0.2, 0.25) is 0 Å². The van der Waals surface area contributed by atoms with Crippen molar-refractivity contribution in [2.75, 3.05) is 41.0 Å².